The lowest BCUT2D eigenvalue weighted by Gasteiger charge is -2.27. The molecule has 0 aliphatic carbocycles. The third kappa shape index (κ3) is 3.53. The van der Waals surface area contributed by atoms with Gasteiger partial charge >= 0.3 is 0 Å². The number of hydrogen-bond acceptors (Lipinski definition) is 4. The van der Waals surface area contributed by atoms with Gasteiger partial charge in [-0.05, 0) is 49.3 Å². The van der Waals surface area contributed by atoms with Gasteiger partial charge in [0.15, 0.2) is 0 Å². The van der Waals surface area contributed by atoms with Crippen LogP contribution in [0.2, 0.25) is 0 Å². The van der Waals surface area contributed by atoms with Gasteiger partial charge in [0.2, 0.25) is 0 Å². The summed E-state index contributed by atoms with van der Waals surface area (Å²) >= 11 is 0. The molecule has 23 heavy (non-hydrogen) atoms. The van der Waals surface area contributed by atoms with Gasteiger partial charge in [0.05, 0.1) is 18.8 Å². The number of nitrogens with zero attached hydrogens (tertiary/aromatic N) is 2. The van der Waals surface area contributed by atoms with Crippen molar-refractivity contribution >= 4 is 5.82 Å². The van der Waals surface area contributed by atoms with Gasteiger partial charge < -0.3 is 14.4 Å². The minimum atomic E-state index is 0.286. The second kappa shape index (κ2) is 7.18. The predicted molar refractivity (Wildman–Crippen MR) is 93.2 cm³/mol. The van der Waals surface area contributed by atoms with Gasteiger partial charge in [0.25, 0.3) is 0 Å². The zero-order chi connectivity index (χ0) is 16.4. The summed E-state index contributed by atoms with van der Waals surface area (Å²) in [6.45, 7) is 11.5. The molecule has 3 atom stereocenters. The van der Waals surface area contributed by atoms with Crippen LogP contribution < -0.4 is 4.90 Å². The molecule has 0 radical (unpaired) electrons. The molecule has 2 saturated heterocycles. The normalized spacial score (nSPS) is 28.0. The molecule has 2 aliphatic heterocycles. The second-order valence-corrected chi connectivity index (χ2v) is 7.20. The molecule has 2 fully saturated rings. The molecule has 3 unspecified atom stereocenters. The lowest BCUT2D eigenvalue weighted by molar-refractivity contribution is -0.00591. The quantitative estimate of drug-likeness (QED) is 0.829. The molecular weight excluding hydrogens is 288 g/mol. The van der Waals surface area contributed by atoms with E-state index in [0.717, 1.165) is 44.8 Å². The summed E-state index contributed by atoms with van der Waals surface area (Å²) in [6.07, 6.45) is 5.81. The number of ether oxygens (including phenoxy) is 2. The Morgan fingerprint density at radius 2 is 2.22 bits per heavy atom. The van der Waals surface area contributed by atoms with Crippen LogP contribution in [0.25, 0.3) is 0 Å². The minimum absolute atomic E-state index is 0.286. The van der Waals surface area contributed by atoms with E-state index in [9.17, 15) is 0 Å². The highest BCUT2D eigenvalue weighted by atomic mass is 16.6. The number of pyridine rings is 1. The van der Waals surface area contributed by atoms with Gasteiger partial charge in [-0.3, -0.25) is 0 Å². The summed E-state index contributed by atoms with van der Waals surface area (Å²) in [6, 6.07) is 2.68. The van der Waals surface area contributed by atoms with Crippen LogP contribution in [0, 0.1) is 6.92 Å². The molecule has 0 amide bonds. The van der Waals surface area contributed by atoms with Crippen molar-refractivity contribution < 1.29 is 9.47 Å². The van der Waals surface area contributed by atoms with Crippen LogP contribution >= 0.6 is 0 Å². The molecular formula is C19H30N2O2. The first-order valence-corrected chi connectivity index (χ1v) is 9.05. The van der Waals surface area contributed by atoms with E-state index in [4.69, 9.17) is 14.5 Å². The van der Waals surface area contributed by atoms with Crippen LogP contribution in [0.1, 0.15) is 57.1 Å². The molecule has 4 nitrogen and oxygen atoms in total. The van der Waals surface area contributed by atoms with Crippen molar-refractivity contribution in [3.8, 4) is 0 Å². The lowest BCUT2D eigenvalue weighted by atomic mass is 9.99. The molecule has 2 aliphatic rings. The van der Waals surface area contributed by atoms with Gasteiger partial charge in [-0.25, -0.2) is 4.98 Å². The SMILES string of the molecule is CCC1CC(OC2CCOC2)CN1c1nccc(C(C)C)c1C. The molecule has 3 rings (SSSR count). The average molecular weight is 318 g/mol. The molecule has 0 bridgehead atoms. The minimum Gasteiger partial charge on any atom is -0.379 e. The molecule has 0 aromatic carbocycles. The first kappa shape index (κ1) is 16.7. The maximum absolute atomic E-state index is 6.28. The van der Waals surface area contributed by atoms with Crippen molar-refractivity contribution in [1.29, 1.82) is 0 Å². The Hall–Kier alpha value is -1.13. The zero-order valence-electron chi connectivity index (χ0n) is 14.9. The van der Waals surface area contributed by atoms with E-state index in [1.807, 2.05) is 6.20 Å². The molecule has 4 heteroatoms. The van der Waals surface area contributed by atoms with Gasteiger partial charge in [-0.1, -0.05) is 20.8 Å². The second-order valence-electron chi connectivity index (χ2n) is 7.20. The average Bonchev–Trinajstić information content (AvgIpc) is 3.17. The van der Waals surface area contributed by atoms with E-state index in [1.165, 1.54) is 11.1 Å². The highest BCUT2D eigenvalue weighted by molar-refractivity contribution is 5.52. The molecule has 0 saturated carbocycles. The fourth-order valence-corrected chi connectivity index (χ4v) is 3.97. The predicted octanol–water partition coefficient (Wildman–Crippen LogP) is 3.68. The van der Waals surface area contributed by atoms with Crippen molar-refractivity contribution in [2.75, 3.05) is 24.7 Å². The third-order valence-electron chi connectivity index (χ3n) is 5.23. The van der Waals surface area contributed by atoms with Crippen LogP contribution in [0.3, 0.4) is 0 Å². The zero-order valence-corrected chi connectivity index (χ0v) is 14.9. The van der Waals surface area contributed by atoms with Crippen molar-refractivity contribution in [2.24, 2.45) is 0 Å². The van der Waals surface area contributed by atoms with E-state index in [-0.39, 0.29) is 6.10 Å². The summed E-state index contributed by atoms with van der Waals surface area (Å²) in [5, 5.41) is 0. The fraction of sp³-hybridized carbons (Fsp3) is 0.737. The Morgan fingerprint density at radius 3 is 2.87 bits per heavy atom. The number of anilines is 1. The Bertz CT molecular complexity index is 526. The summed E-state index contributed by atoms with van der Waals surface area (Å²) < 4.78 is 11.7. The Kier molecular flexibility index (Phi) is 5.22. The highest BCUT2D eigenvalue weighted by Gasteiger charge is 2.35. The van der Waals surface area contributed by atoms with E-state index in [0.29, 0.717) is 18.1 Å². The molecule has 3 heterocycles. The molecule has 1 aromatic rings. The lowest BCUT2D eigenvalue weighted by Crippen LogP contribution is -2.31. The van der Waals surface area contributed by atoms with Crippen LogP contribution in [0.15, 0.2) is 12.3 Å². The maximum Gasteiger partial charge on any atom is 0.132 e. The first-order chi connectivity index (χ1) is 11.1. The van der Waals surface area contributed by atoms with Crippen molar-refractivity contribution in [3.05, 3.63) is 23.4 Å². The third-order valence-corrected chi connectivity index (χ3v) is 5.23. The highest BCUT2D eigenvalue weighted by Crippen LogP contribution is 2.33. The smallest absolute Gasteiger partial charge is 0.132 e. The van der Waals surface area contributed by atoms with Crippen LogP contribution in [-0.2, 0) is 9.47 Å². The Balaban J connectivity index is 1.77. The van der Waals surface area contributed by atoms with E-state index >= 15 is 0 Å². The first-order valence-electron chi connectivity index (χ1n) is 9.05. The fourth-order valence-electron chi connectivity index (χ4n) is 3.97. The van der Waals surface area contributed by atoms with Gasteiger partial charge in [-0.15, -0.1) is 0 Å². The topological polar surface area (TPSA) is 34.6 Å². The number of hydrogen-bond donors (Lipinski definition) is 0. The van der Waals surface area contributed by atoms with Crippen molar-refractivity contribution in [2.45, 2.75) is 71.1 Å². The van der Waals surface area contributed by atoms with Gasteiger partial charge in [0.1, 0.15) is 5.82 Å². The Morgan fingerprint density at radius 1 is 1.39 bits per heavy atom. The largest absolute Gasteiger partial charge is 0.379 e. The van der Waals surface area contributed by atoms with Gasteiger partial charge in [-0.2, -0.15) is 0 Å². The standard InChI is InChI=1S/C19H30N2O2/c1-5-15-10-17(23-16-7-9-22-12-16)11-21(15)19-14(4)18(13(2)3)6-8-20-19/h6,8,13,15-17H,5,7,9-12H2,1-4H3. The molecule has 128 valence electrons. The monoisotopic (exact) mass is 318 g/mol. The summed E-state index contributed by atoms with van der Waals surface area (Å²) in [5.74, 6) is 1.68. The maximum atomic E-state index is 6.28. The molecule has 0 spiro atoms. The summed E-state index contributed by atoms with van der Waals surface area (Å²) in [4.78, 5) is 7.19. The Labute approximate surface area is 140 Å². The molecule has 0 N–H and O–H groups in total. The molecule has 1 aromatic heterocycles. The summed E-state index contributed by atoms with van der Waals surface area (Å²) in [5.41, 5.74) is 2.73. The van der Waals surface area contributed by atoms with Crippen molar-refractivity contribution in [3.63, 3.8) is 0 Å². The van der Waals surface area contributed by atoms with E-state index in [1.54, 1.807) is 0 Å². The number of rotatable bonds is 5. The summed E-state index contributed by atoms with van der Waals surface area (Å²) in [7, 11) is 0. The van der Waals surface area contributed by atoms with Gasteiger partial charge in [0, 0.05) is 25.4 Å². The van der Waals surface area contributed by atoms with E-state index in [2.05, 4.69) is 38.7 Å². The van der Waals surface area contributed by atoms with Crippen LogP contribution in [0.5, 0.6) is 0 Å². The van der Waals surface area contributed by atoms with E-state index < -0.39 is 0 Å². The van der Waals surface area contributed by atoms with Crippen molar-refractivity contribution in [1.82, 2.24) is 4.98 Å². The van der Waals surface area contributed by atoms with Crippen LogP contribution in [0.4, 0.5) is 5.82 Å². The number of aromatic nitrogens is 1. The van der Waals surface area contributed by atoms with Crippen LogP contribution in [-0.4, -0.2) is 43.0 Å².